The van der Waals surface area contributed by atoms with Crippen molar-refractivity contribution in [1.82, 2.24) is 35.3 Å². The topological polar surface area (TPSA) is 124 Å². The van der Waals surface area contributed by atoms with Gasteiger partial charge in [-0.1, -0.05) is 5.16 Å². The third kappa shape index (κ3) is 1.85. The quantitative estimate of drug-likeness (QED) is 0.634. The Kier molecular flexibility index (Phi) is 2.07. The van der Waals surface area contributed by atoms with Gasteiger partial charge in [-0.3, -0.25) is 4.68 Å². The van der Waals surface area contributed by atoms with Crippen molar-refractivity contribution >= 4 is 5.69 Å². The molecule has 0 aliphatic carbocycles. The molecule has 0 aliphatic rings. The second-order valence-electron chi connectivity index (χ2n) is 3.34. The van der Waals surface area contributed by atoms with E-state index in [1.807, 2.05) is 0 Å². The van der Waals surface area contributed by atoms with Crippen molar-refractivity contribution in [2.24, 2.45) is 0 Å². The number of nitrogens with zero attached hydrogens (tertiary/aromatic N) is 6. The lowest BCUT2D eigenvalue weighted by molar-refractivity contribution is 0.366. The van der Waals surface area contributed by atoms with Crippen molar-refractivity contribution in [3.8, 4) is 11.5 Å². The summed E-state index contributed by atoms with van der Waals surface area (Å²) in [5.41, 5.74) is 6.65. The Balaban J connectivity index is 1.81. The number of anilines is 1. The molecule has 0 radical (unpaired) electrons. The van der Waals surface area contributed by atoms with Crippen molar-refractivity contribution in [2.75, 3.05) is 5.73 Å². The average Bonchev–Trinajstić information content (AvgIpc) is 3.00. The molecule has 3 aromatic heterocycles. The fraction of sp³-hybridized carbons (Fsp3) is 0.125. The fourth-order valence-corrected chi connectivity index (χ4v) is 1.34. The maximum Gasteiger partial charge on any atom is 0.248 e. The van der Waals surface area contributed by atoms with E-state index in [-0.39, 0.29) is 0 Å². The highest BCUT2D eigenvalue weighted by molar-refractivity contribution is 5.44. The summed E-state index contributed by atoms with van der Waals surface area (Å²) in [4.78, 5) is 4.16. The predicted octanol–water partition coefficient (Wildman–Crippen LogP) is -0.318. The third-order valence-corrected chi connectivity index (χ3v) is 2.06. The van der Waals surface area contributed by atoms with Crippen LogP contribution in [0.4, 0.5) is 5.69 Å². The van der Waals surface area contributed by atoms with Crippen LogP contribution in [0.25, 0.3) is 11.5 Å². The molecule has 0 saturated carbocycles. The highest BCUT2D eigenvalue weighted by Gasteiger charge is 2.11. The first-order valence-electron chi connectivity index (χ1n) is 4.78. The number of hydrogen-bond donors (Lipinski definition) is 2. The van der Waals surface area contributed by atoms with Crippen LogP contribution in [0.3, 0.4) is 0 Å². The van der Waals surface area contributed by atoms with E-state index in [1.165, 1.54) is 6.20 Å². The molecule has 0 fully saturated rings. The Bertz CT molecular complexity index is 609. The molecule has 9 nitrogen and oxygen atoms in total. The Morgan fingerprint density at radius 3 is 3.06 bits per heavy atom. The maximum atomic E-state index is 5.54. The molecule has 0 bridgehead atoms. The van der Waals surface area contributed by atoms with Crippen LogP contribution in [-0.4, -0.2) is 35.3 Å². The number of nitrogens with two attached hydrogens (primary N) is 1. The summed E-state index contributed by atoms with van der Waals surface area (Å²) in [6, 6.07) is 0. The van der Waals surface area contributed by atoms with Crippen molar-refractivity contribution in [1.29, 1.82) is 0 Å². The van der Waals surface area contributed by atoms with Crippen molar-refractivity contribution in [3.63, 3.8) is 0 Å². The smallest absolute Gasteiger partial charge is 0.248 e. The molecule has 0 amide bonds. The number of hydrogen-bond acceptors (Lipinski definition) is 7. The number of H-pyrrole nitrogens is 1. The number of rotatable bonds is 3. The summed E-state index contributed by atoms with van der Waals surface area (Å²) < 4.78 is 6.66. The molecule has 0 aliphatic heterocycles. The molecule has 9 heteroatoms. The van der Waals surface area contributed by atoms with Crippen LogP contribution in [0.15, 0.2) is 23.1 Å². The Morgan fingerprint density at radius 1 is 1.41 bits per heavy atom. The molecule has 3 aromatic rings. The van der Waals surface area contributed by atoms with Gasteiger partial charge >= 0.3 is 0 Å². The van der Waals surface area contributed by atoms with E-state index < -0.39 is 0 Å². The molecule has 86 valence electrons. The molecule has 0 saturated heterocycles. The molecule has 0 aromatic carbocycles. The molecule has 3 rings (SSSR count). The summed E-state index contributed by atoms with van der Waals surface area (Å²) in [5, 5.41) is 17.8. The monoisotopic (exact) mass is 232 g/mol. The summed E-state index contributed by atoms with van der Waals surface area (Å²) >= 11 is 0. The second-order valence-corrected chi connectivity index (χ2v) is 3.34. The molecule has 0 spiro atoms. The van der Waals surface area contributed by atoms with Crippen LogP contribution in [0.1, 0.15) is 5.89 Å². The summed E-state index contributed by atoms with van der Waals surface area (Å²) in [5.74, 6) is 0.806. The van der Waals surface area contributed by atoms with E-state index in [4.69, 9.17) is 10.3 Å². The third-order valence-electron chi connectivity index (χ3n) is 2.06. The van der Waals surface area contributed by atoms with Crippen LogP contribution in [0.5, 0.6) is 0 Å². The Hall–Kier alpha value is -2.71. The first-order valence-corrected chi connectivity index (χ1v) is 4.78. The van der Waals surface area contributed by atoms with Gasteiger partial charge in [-0.15, -0.1) is 0 Å². The number of nitrogen functional groups attached to an aromatic ring is 1. The summed E-state index contributed by atoms with van der Waals surface area (Å²) in [6.07, 6.45) is 4.75. The lowest BCUT2D eigenvalue weighted by Gasteiger charge is -1.93. The molecule has 0 atom stereocenters. The lowest BCUT2D eigenvalue weighted by atomic mass is 10.4. The predicted molar refractivity (Wildman–Crippen MR) is 55.4 cm³/mol. The van der Waals surface area contributed by atoms with Crippen LogP contribution < -0.4 is 5.73 Å². The number of aromatic nitrogens is 7. The zero-order valence-electron chi connectivity index (χ0n) is 8.61. The normalized spacial score (nSPS) is 10.8. The van der Waals surface area contributed by atoms with E-state index in [2.05, 4.69) is 30.7 Å². The minimum absolute atomic E-state index is 0.363. The van der Waals surface area contributed by atoms with E-state index >= 15 is 0 Å². The number of nitrogens with one attached hydrogen (secondary N) is 1. The summed E-state index contributed by atoms with van der Waals surface area (Å²) in [6.45, 7) is 0.363. The average molecular weight is 232 g/mol. The molecular weight excluding hydrogens is 224 g/mol. The lowest BCUT2D eigenvalue weighted by Crippen LogP contribution is -2.00. The maximum absolute atomic E-state index is 5.54. The Morgan fingerprint density at radius 2 is 2.35 bits per heavy atom. The zero-order chi connectivity index (χ0) is 11.7. The fourth-order valence-electron chi connectivity index (χ4n) is 1.34. The van der Waals surface area contributed by atoms with Gasteiger partial charge in [0.1, 0.15) is 6.54 Å². The van der Waals surface area contributed by atoms with Gasteiger partial charge in [-0.2, -0.15) is 25.5 Å². The van der Waals surface area contributed by atoms with Gasteiger partial charge in [0.2, 0.25) is 11.7 Å². The first kappa shape index (κ1) is 9.51. The van der Waals surface area contributed by atoms with Gasteiger partial charge in [0, 0.05) is 6.20 Å². The van der Waals surface area contributed by atoms with Crippen LogP contribution in [-0.2, 0) is 6.54 Å². The van der Waals surface area contributed by atoms with Gasteiger partial charge in [-0.25, -0.2) is 0 Å². The van der Waals surface area contributed by atoms with Crippen LogP contribution in [0, 0.1) is 0 Å². The molecule has 0 unspecified atom stereocenters. The van der Waals surface area contributed by atoms with Gasteiger partial charge < -0.3 is 10.3 Å². The van der Waals surface area contributed by atoms with E-state index in [0.29, 0.717) is 29.6 Å². The second kappa shape index (κ2) is 3.70. The van der Waals surface area contributed by atoms with Crippen molar-refractivity contribution in [3.05, 3.63) is 24.5 Å². The van der Waals surface area contributed by atoms with Gasteiger partial charge in [0.05, 0.1) is 18.1 Å². The molecule has 3 N–H and O–H groups in total. The summed E-state index contributed by atoms with van der Waals surface area (Å²) in [7, 11) is 0. The van der Waals surface area contributed by atoms with Gasteiger partial charge in [-0.05, 0) is 0 Å². The standard InChI is InChI=1S/C8H8N8O/c9-5-1-11-16(3-5)4-7-12-8(14-17-7)6-2-10-15-13-6/h1-3H,4,9H2,(H,10,13,15). The SMILES string of the molecule is Nc1cnn(Cc2nc(-c3cn[nH]n3)no2)c1. The molecule has 17 heavy (non-hydrogen) atoms. The first-order chi connectivity index (χ1) is 8.31. The Labute approximate surface area is 94.6 Å². The van der Waals surface area contributed by atoms with Gasteiger partial charge in [0.25, 0.3) is 0 Å². The number of aromatic amines is 1. The van der Waals surface area contributed by atoms with Crippen molar-refractivity contribution < 1.29 is 4.52 Å². The highest BCUT2D eigenvalue weighted by atomic mass is 16.5. The van der Waals surface area contributed by atoms with Crippen LogP contribution in [0.2, 0.25) is 0 Å². The molecular formula is C8H8N8O. The minimum atomic E-state index is 0.363. The largest absolute Gasteiger partial charge is 0.396 e. The van der Waals surface area contributed by atoms with Gasteiger partial charge in [0.15, 0.2) is 5.69 Å². The van der Waals surface area contributed by atoms with E-state index in [1.54, 1.807) is 17.1 Å². The highest BCUT2D eigenvalue weighted by Crippen LogP contribution is 2.11. The molecule has 3 heterocycles. The van der Waals surface area contributed by atoms with E-state index in [9.17, 15) is 0 Å². The van der Waals surface area contributed by atoms with Crippen LogP contribution >= 0.6 is 0 Å². The van der Waals surface area contributed by atoms with E-state index in [0.717, 1.165) is 0 Å². The minimum Gasteiger partial charge on any atom is -0.396 e. The van der Waals surface area contributed by atoms with Crippen molar-refractivity contribution in [2.45, 2.75) is 6.54 Å². The zero-order valence-corrected chi connectivity index (χ0v) is 8.61.